The fourth-order valence-electron chi connectivity index (χ4n) is 2.95. The molecule has 1 saturated heterocycles. The van der Waals surface area contributed by atoms with Gasteiger partial charge in [-0.2, -0.15) is 0 Å². The van der Waals surface area contributed by atoms with E-state index in [1.807, 2.05) is 18.2 Å². The number of hydrogen-bond acceptors (Lipinski definition) is 6. The van der Waals surface area contributed by atoms with E-state index < -0.39 is 9.84 Å². The highest BCUT2D eigenvalue weighted by atomic mass is 32.2. The summed E-state index contributed by atoms with van der Waals surface area (Å²) in [5, 5.41) is 0. The van der Waals surface area contributed by atoms with Crippen molar-refractivity contribution in [3.63, 3.8) is 0 Å². The molecular weight excluding hydrogens is 350 g/mol. The number of ether oxygens (including phenoxy) is 1. The van der Waals surface area contributed by atoms with Crippen molar-refractivity contribution in [2.75, 3.05) is 39.5 Å². The lowest BCUT2D eigenvalue weighted by Gasteiger charge is -2.32. The maximum absolute atomic E-state index is 11.4. The molecule has 6 nitrogen and oxygen atoms in total. The monoisotopic (exact) mass is 375 g/mol. The maximum atomic E-state index is 11.4. The van der Waals surface area contributed by atoms with Crippen molar-refractivity contribution in [2.45, 2.75) is 12.3 Å². The van der Waals surface area contributed by atoms with Crippen molar-refractivity contribution in [2.24, 2.45) is 0 Å². The third-order valence-electron chi connectivity index (χ3n) is 4.40. The Balaban J connectivity index is 1.68. The van der Waals surface area contributed by atoms with Crippen LogP contribution in [0, 0.1) is 0 Å². The predicted molar refractivity (Wildman–Crippen MR) is 102 cm³/mol. The van der Waals surface area contributed by atoms with Gasteiger partial charge in [-0.1, -0.05) is 24.3 Å². The molecule has 0 atom stereocenters. The standard InChI is InChI=1S/C19H25N3O3S/c1-21-9-11-22(12-10-21)14-17-5-3-4-6-18(17)25-19-8-7-16(13-20-19)15-26(2,23)24/h3-8,13H,9-12,14-15H2,1-2H3. The van der Waals surface area contributed by atoms with Crippen molar-refractivity contribution in [1.29, 1.82) is 0 Å². The van der Waals surface area contributed by atoms with E-state index >= 15 is 0 Å². The second-order valence-electron chi connectivity index (χ2n) is 6.86. The number of likely N-dealkylation sites (N-methyl/N-ethyl adjacent to an activating group) is 1. The van der Waals surface area contributed by atoms with Gasteiger partial charge in [-0.05, 0) is 18.7 Å². The minimum absolute atomic E-state index is 0.0136. The minimum atomic E-state index is -3.07. The van der Waals surface area contributed by atoms with Gasteiger partial charge in [0.1, 0.15) is 5.75 Å². The quantitative estimate of drug-likeness (QED) is 0.771. The topological polar surface area (TPSA) is 62.7 Å². The molecule has 2 aromatic rings. The molecule has 0 bridgehead atoms. The summed E-state index contributed by atoms with van der Waals surface area (Å²) in [4.78, 5) is 9.00. The highest BCUT2D eigenvalue weighted by Crippen LogP contribution is 2.25. The molecule has 0 unspecified atom stereocenters. The molecule has 0 spiro atoms. The summed E-state index contributed by atoms with van der Waals surface area (Å²) in [6.07, 6.45) is 2.77. The van der Waals surface area contributed by atoms with Crippen LogP contribution in [-0.2, 0) is 22.1 Å². The normalized spacial score (nSPS) is 16.5. The van der Waals surface area contributed by atoms with Gasteiger partial charge in [0.25, 0.3) is 0 Å². The van der Waals surface area contributed by atoms with Crippen molar-refractivity contribution in [3.05, 3.63) is 53.7 Å². The van der Waals surface area contributed by atoms with Crippen molar-refractivity contribution < 1.29 is 13.2 Å². The van der Waals surface area contributed by atoms with E-state index in [0.29, 0.717) is 11.4 Å². The zero-order valence-electron chi connectivity index (χ0n) is 15.3. The van der Waals surface area contributed by atoms with E-state index in [-0.39, 0.29) is 5.75 Å². The number of aromatic nitrogens is 1. The lowest BCUT2D eigenvalue weighted by molar-refractivity contribution is 0.147. The average molecular weight is 375 g/mol. The van der Waals surface area contributed by atoms with Crippen LogP contribution in [0.3, 0.4) is 0 Å². The van der Waals surface area contributed by atoms with Crippen molar-refractivity contribution in [3.8, 4) is 11.6 Å². The molecule has 0 N–H and O–H groups in total. The molecule has 140 valence electrons. The summed E-state index contributed by atoms with van der Waals surface area (Å²) in [6.45, 7) is 5.08. The van der Waals surface area contributed by atoms with Crippen molar-refractivity contribution >= 4 is 9.84 Å². The maximum Gasteiger partial charge on any atom is 0.219 e. The van der Waals surface area contributed by atoms with Crippen LogP contribution in [0.5, 0.6) is 11.6 Å². The summed E-state index contributed by atoms with van der Waals surface area (Å²) in [5.74, 6) is 1.24. The van der Waals surface area contributed by atoms with E-state index in [9.17, 15) is 8.42 Å². The molecular formula is C19H25N3O3S. The molecule has 0 radical (unpaired) electrons. The molecule has 1 aromatic carbocycles. The second-order valence-corrected chi connectivity index (χ2v) is 9.00. The van der Waals surface area contributed by atoms with Gasteiger partial charge < -0.3 is 9.64 Å². The molecule has 3 rings (SSSR count). The fraction of sp³-hybridized carbons (Fsp3) is 0.421. The zero-order valence-corrected chi connectivity index (χ0v) is 16.1. The van der Waals surface area contributed by atoms with Gasteiger partial charge >= 0.3 is 0 Å². The Kier molecular flexibility index (Phi) is 5.90. The van der Waals surface area contributed by atoms with Gasteiger partial charge in [0, 0.05) is 56.8 Å². The van der Waals surface area contributed by atoms with Crippen LogP contribution in [0.4, 0.5) is 0 Å². The summed E-state index contributed by atoms with van der Waals surface area (Å²) < 4.78 is 28.7. The number of nitrogens with zero attached hydrogens (tertiary/aromatic N) is 3. The molecule has 7 heteroatoms. The number of pyridine rings is 1. The van der Waals surface area contributed by atoms with Crippen LogP contribution in [0.25, 0.3) is 0 Å². The van der Waals surface area contributed by atoms with Crippen LogP contribution in [0.15, 0.2) is 42.6 Å². The van der Waals surface area contributed by atoms with Gasteiger partial charge in [-0.3, -0.25) is 4.90 Å². The molecule has 1 aliphatic rings. The van der Waals surface area contributed by atoms with Gasteiger partial charge in [0.2, 0.25) is 5.88 Å². The molecule has 26 heavy (non-hydrogen) atoms. The molecule has 1 fully saturated rings. The number of rotatable bonds is 6. The molecule has 1 aromatic heterocycles. The van der Waals surface area contributed by atoms with Crippen LogP contribution in [-0.4, -0.2) is 62.7 Å². The molecule has 0 saturated carbocycles. The summed E-state index contributed by atoms with van der Waals surface area (Å²) in [7, 11) is -0.919. The third-order valence-corrected chi connectivity index (χ3v) is 5.26. The Morgan fingerprint density at radius 1 is 1.08 bits per heavy atom. The molecule has 2 heterocycles. The lowest BCUT2D eigenvalue weighted by atomic mass is 10.1. The fourth-order valence-corrected chi connectivity index (χ4v) is 3.73. The average Bonchev–Trinajstić information content (AvgIpc) is 2.59. The third kappa shape index (κ3) is 5.52. The second kappa shape index (κ2) is 8.16. The molecule has 0 aliphatic carbocycles. The number of piperazine rings is 1. The molecule has 1 aliphatic heterocycles. The smallest absolute Gasteiger partial charge is 0.219 e. The van der Waals surface area contributed by atoms with Crippen LogP contribution < -0.4 is 4.74 Å². The predicted octanol–water partition coefficient (Wildman–Crippen LogP) is 2.17. The van der Waals surface area contributed by atoms with E-state index in [4.69, 9.17) is 4.74 Å². The molecule has 0 amide bonds. The van der Waals surface area contributed by atoms with Crippen LogP contribution >= 0.6 is 0 Å². The van der Waals surface area contributed by atoms with E-state index in [0.717, 1.165) is 44.0 Å². The SMILES string of the molecule is CN1CCN(Cc2ccccc2Oc2ccc(CS(C)(=O)=O)cn2)CC1. The first kappa shape index (κ1) is 18.8. The highest BCUT2D eigenvalue weighted by Gasteiger charge is 2.16. The first-order valence-corrected chi connectivity index (χ1v) is 10.7. The van der Waals surface area contributed by atoms with Gasteiger partial charge in [0.15, 0.2) is 9.84 Å². The summed E-state index contributed by atoms with van der Waals surface area (Å²) in [6, 6.07) is 11.4. The first-order valence-electron chi connectivity index (χ1n) is 8.68. The van der Waals surface area contributed by atoms with E-state index in [1.54, 1.807) is 18.3 Å². The summed E-state index contributed by atoms with van der Waals surface area (Å²) >= 11 is 0. The Bertz CT molecular complexity index is 829. The lowest BCUT2D eigenvalue weighted by Crippen LogP contribution is -2.43. The number of hydrogen-bond donors (Lipinski definition) is 0. The Hall–Kier alpha value is -1.96. The Labute approximate surface area is 155 Å². The van der Waals surface area contributed by atoms with Gasteiger partial charge in [0.05, 0.1) is 5.75 Å². The summed E-state index contributed by atoms with van der Waals surface area (Å²) in [5.41, 5.74) is 1.78. The number of benzene rings is 1. The largest absolute Gasteiger partial charge is 0.439 e. The zero-order chi connectivity index (χ0) is 18.6. The van der Waals surface area contributed by atoms with E-state index in [1.165, 1.54) is 6.26 Å². The van der Waals surface area contributed by atoms with Crippen molar-refractivity contribution in [1.82, 2.24) is 14.8 Å². The number of para-hydroxylation sites is 1. The van der Waals surface area contributed by atoms with Gasteiger partial charge in [-0.15, -0.1) is 0 Å². The minimum Gasteiger partial charge on any atom is -0.439 e. The van der Waals surface area contributed by atoms with Crippen LogP contribution in [0.1, 0.15) is 11.1 Å². The van der Waals surface area contributed by atoms with E-state index in [2.05, 4.69) is 27.9 Å². The Morgan fingerprint density at radius 2 is 1.81 bits per heavy atom. The Morgan fingerprint density at radius 3 is 2.46 bits per heavy atom. The number of sulfone groups is 1. The highest BCUT2D eigenvalue weighted by molar-refractivity contribution is 7.89. The van der Waals surface area contributed by atoms with Crippen LogP contribution in [0.2, 0.25) is 0 Å². The van der Waals surface area contributed by atoms with Gasteiger partial charge in [-0.25, -0.2) is 13.4 Å². The first-order chi connectivity index (χ1) is 12.4.